The average molecular weight is 287 g/mol. The Morgan fingerprint density at radius 1 is 1.29 bits per heavy atom. The quantitative estimate of drug-likeness (QED) is 0.853. The van der Waals surface area contributed by atoms with Crippen molar-refractivity contribution < 1.29 is 9.18 Å². The molecule has 0 atom stereocenters. The Balaban J connectivity index is 2.14. The number of carbonyl (C=O) groups excluding carboxylic acids is 1. The van der Waals surface area contributed by atoms with Gasteiger partial charge < -0.3 is 9.80 Å². The van der Waals surface area contributed by atoms with Gasteiger partial charge in [0.2, 0.25) is 5.91 Å². The minimum Gasteiger partial charge on any atom is -0.330 e. The molecule has 0 bridgehead atoms. The number of aliphatic imine (C=N–C) groups is 1. The molecular weight excluding hydrogens is 269 g/mol. The molecule has 1 aliphatic rings. The van der Waals surface area contributed by atoms with E-state index in [2.05, 4.69) is 4.99 Å². The van der Waals surface area contributed by atoms with Crippen LogP contribution in [0.2, 0.25) is 0 Å². The van der Waals surface area contributed by atoms with Gasteiger partial charge in [-0.05, 0) is 50.3 Å². The molecule has 0 fully saturated rings. The van der Waals surface area contributed by atoms with Crippen LogP contribution in [0.5, 0.6) is 0 Å². The van der Waals surface area contributed by atoms with Gasteiger partial charge in [-0.15, -0.1) is 0 Å². The number of hydrogen-bond acceptors (Lipinski definition) is 3. The fourth-order valence-corrected chi connectivity index (χ4v) is 2.08. The van der Waals surface area contributed by atoms with E-state index in [1.807, 2.05) is 19.9 Å². The van der Waals surface area contributed by atoms with Crippen molar-refractivity contribution in [1.82, 2.24) is 4.90 Å². The van der Waals surface area contributed by atoms with E-state index in [0.717, 1.165) is 0 Å². The summed E-state index contributed by atoms with van der Waals surface area (Å²) in [5, 5.41) is 0. The smallest absolute Gasteiger partial charge is 0.247 e. The number of allylic oxidation sites excluding steroid dienone is 2. The van der Waals surface area contributed by atoms with E-state index >= 15 is 0 Å². The summed E-state index contributed by atoms with van der Waals surface area (Å²) in [7, 11) is 0. The molecule has 0 unspecified atom stereocenters. The zero-order valence-corrected chi connectivity index (χ0v) is 12.1. The molecule has 110 valence electrons. The summed E-state index contributed by atoms with van der Waals surface area (Å²) in [6.07, 6.45) is 8.65. The second kappa shape index (κ2) is 6.83. The van der Waals surface area contributed by atoms with Crippen LogP contribution in [-0.2, 0) is 4.79 Å². The molecule has 0 saturated heterocycles. The number of nitrogens with zero attached hydrogens (tertiary/aromatic N) is 3. The van der Waals surface area contributed by atoms with E-state index < -0.39 is 0 Å². The van der Waals surface area contributed by atoms with Gasteiger partial charge in [0, 0.05) is 24.1 Å². The molecule has 0 aromatic heterocycles. The molecule has 0 N–H and O–H groups in total. The van der Waals surface area contributed by atoms with E-state index in [1.54, 1.807) is 46.7 Å². The summed E-state index contributed by atoms with van der Waals surface area (Å²) >= 11 is 0. The van der Waals surface area contributed by atoms with E-state index in [0.29, 0.717) is 5.69 Å². The molecule has 5 heteroatoms. The van der Waals surface area contributed by atoms with Crippen LogP contribution in [0.15, 0.2) is 53.8 Å². The Kier molecular flexibility index (Phi) is 4.87. The summed E-state index contributed by atoms with van der Waals surface area (Å²) < 4.78 is 13.0. The van der Waals surface area contributed by atoms with Crippen molar-refractivity contribution in [2.45, 2.75) is 19.9 Å². The number of benzene rings is 1. The first-order chi connectivity index (χ1) is 10.1. The number of hydrogen-bond donors (Lipinski definition) is 0. The standard InChI is InChI=1S/C16H18FN3O/c1-13(2)20(15-7-5-14(17)6-8-15)16(21)11-19-10-4-3-9-18-12-19/h3-10,12-13H,11H2,1-2H3. The van der Waals surface area contributed by atoms with Crippen LogP contribution in [0.25, 0.3) is 0 Å². The molecular formula is C16H18FN3O. The van der Waals surface area contributed by atoms with Crippen molar-refractivity contribution in [1.29, 1.82) is 0 Å². The zero-order chi connectivity index (χ0) is 15.2. The molecule has 21 heavy (non-hydrogen) atoms. The van der Waals surface area contributed by atoms with Crippen molar-refractivity contribution in [3.05, 3.63) is 54.6 Å². The molecule has 2 rings (SSSR count). The molecule has 4 nitrogen and oxygen atoms in total. The first-order valence-electron chi connectivity index (χ1n) is 6.78. The minimum absolute atomic E-state index is 0.0195. The van der Waals surface area contributed by atoms with Gasteiger partial charge in [-0.1, -0.05) is 0 Å². The van der Waals surface area contributed by atoms with Gasteiger partial charge in [0.15, 0.2) is 0 Å². The Hall–Kier alpha value is -2.43. The van der Waals surface area contributed by atoms with Gasteiger partial charge in [-0.25, -0.2) is 9.38 Å². The molecule has 1 amide bonds. The Morgan fingerprint density at radius 3 is 2.67 bits per heavy atom. The number of rotatable bonds is 4. The summed E-state index contributed by atoms with van der Waals surface area (Å²) in [4.78, 5) is 19.9. The van der Waals surface area contributed by atoms with E-state index in [1.165, 1.54) is 12.1 Å². The second-order valence-corrected chi connectivity index (χ2v) is 4.95. The maximum Gasteiger partial charge on any atom is 0.247 e. The Bertz CT molecular complexity index is 560. The number of halogens is 1. The normalized spacial score (nSPS) is 13.6. The van der Waals surface area contributed by atoms with Crippen molar-refractivity contribution in [2.24, 2.45) is 4.99 Å². The summed E-state index contributed by atoms with van der Waals surface area (Å²) in [6.45, 7) is 4.03. The van der Waals surface area contributed by atoms with Crippen LogP contribution in [0, 0.1) is 5.82 Å². The highest BCUT2D eigenvalue weighted by Gasteiger charge is 2.20. The van der Waals surface area contributed by atoms with Crippen molar-refractivity contribution in [3.8, 4) is 0 Å². The minimum atomic E-state index is -0.316. The third-order valence-electron chi connectivity index (χ3n) is 2.98. The lowest BCUT2D eigenvalue weighted by molar-refractivity contribution is -0.118. The third-order valence-corrected chi connectivity index (χ3v) is 2.98. The van der Waals surface area contributed by atoms with Gasteiger partial charge in [-0.3, -0.25) is 4.79 Å². The molecule has 1 aliphatic heterocycles. The zero-order valence-electron chi connectivity index (χ0n) is 12.1. The fourth-order valence-electron chi connectivity index (χ4n) is 2.08. The second-order valence-electron chi connectivity index (χ2n) is 4.95. The lowest BCUT2D eigenvalue weighted by atomic mass is 10.2. The van der Waals surface area contributed by atoms with E-state index in [-0.39, 0.29) is 24.3 Å². The Labute approximate surface area is 123 Å². The van der Waals surface area contributed by atoms with Crippen LogP contribution in [-0.4, -0.2) is 29.7 Å². The maximum absolute atomic E-state index is 13.0. The van der Waals surface area contributed by atoms with Crippen molar-refractivity contribution in [2.75, 3.05) is 11.4 Å². The van der Waals surface area contributed by atoms with Gasteiger partial charge in [-0.2, -0.15) is 0 Å². The van der Waals surface area contributed by atoms with E-state index in [4.69, 9.17) is 0 Å². The highest BCUT2D eigenvalue weighted by atomic mass is 19.1. The molecule has 0 radical (unpaired) electrons. The lowest BCUT2D eigenvalue weighted by Crippen LogP contribution is -2.42. The van der Waals surface area contributed by atoms with Gasteiger partial charge in [0.1, 0.15) is 12.4 Å². The van der Waals surface area contributed by atoms with Gasteiger partial charge in [0.25, 0.3) is 0 Å². The molecule has 0 saturated carbocycles. The van der Waals surface area contributed by atoms with Gasteiger partial charge in [0.05, 0.1) is 6.34 Å². The molecule has 1 heterocycles. The molecule has 0 spiro atoms. The first-order valence-corrected chi connectivity index (χ1v) is 6.78. The summed E-state index contributed by atoms with van der Waals surface area (Å²) in [6, 6.07) is 5.92. The van der Waals surface area contributed by atoms with Crippen LogP contribution in [0.1, 0.15) is 13.8 Å². The average Bonchev–Trinajstić information content (AvgIpc) is 2.69. The Morgan fingerprint density at radius 2 is 2.00 bits per heavy atom. The largest absolute Gasteiger partial charge is 0.330 e. The van der Waals surface area contributed by atoms with E-state index in [9.17, 15) is 9.18 Å². The molecule has 0 aliphatic carbocycles. The maximum atomic E-state index is 13.0. The number of anilines is 1. The van der Waals surface area contributed by atoms with Crippen molar-refractivity contribution in [3.63, 3.8) is 0 Å². The SMILES string of the molecule is CC(C)N(C(=O)CN1C=CC=CN=C1)c1ccc(F)cc1. The molecule has 1 aromatic carbocycles. The monoisotopic (exact) mass is 287 g/mol. The summed E-state index contributed by atoms with van der Waals surface area (Å²) in [5.74, 6) is -0.391. The predicted molar refractivity (Wildman–Crippen MR) is 82.5 cm³/mol. The summed E-state index contributed by atoms with van der Waals surface area (Å²) in [5.41, 5.74) is 0.685. The topological polar surface area (TPSA) is 35.9 Å². The lowest BCUT2D eigenvalue weighted by Gasteiger charge is -2.28. The highest BCUT2D eigenvalue weighted by Crippen LogP contribution is 2.18. The highest BCUT2D eigenvalue weighted by molar-refractivity contribution is 5.96. The number of amides is 1. The van der Waals surface area contributed by atoms with Crippen molar-refractivity contribution >= 4 is 17.9 Å². The first kappa shape index (κ1) is 15.0. The van der Waals surface area contributed by atoms with Crippen LogP contribution in [0.3, 0.4) is 0 Å². The van der Waals surface area contributed by atoms with Crippen LogP contribution >= 0.6 is 0 Å². The third kappa shape index (κ3) is 4.02. The van der Waals surface area contributed by atoms with Crippen LogP contribution in [0.4, 0.5) is 10.1 Å². The van der Waals surface area contributed by atoms with Gasteiger partial charge >= 0.3 is 0 Å². The number of carbonyl (C=O) groups is 1. The predicted octanol–water partition coefficient (Wildman–Crippen LogP) is 2.94. The van der Waals surface area contributed by atoms with Crippen LogP contribution < -0.4 is 4.90 Å². The molecule has 1 aromatic rings. The fraction of sp³-hybridized carbons (Fsp3) is 0.250.